The molecule has 1 N–H and O–H groups in total. The molecule has 298 valence electrons. The van der Waals surface area contributed by atoms with Crippen LogP contribution in [-0.4, -0.2) is 56.0 Å². The fourth-order valence-corrected chi connectivity index (χ4v) is 9.82. The minimum absolute atomic E-state index is 0.00604. The summed E-state index contributed by atoms with van der Waals surface area (Å²) in [4.78, 5) is 0.261. The maximum atomic E-state index is 13.9. The van der Waals surface area contributed by atoms with Gasteiger partial charge in [-0.3, -0.25) is 0 Å². The first kappa shape index (κ1) is 46.6. The van der Waals surface area contributed by atoms with Gasteiger partial charge in [0.05, 0.1) is 29.8 Å². The zero-order valence-electron chi connectivity index (χ0n) is 35.5. The molecular weight excluding hydrogens is 687 g/mol. The molecule has 1 aromatic rings. The van der Waals surface area contributed by atoms with Crippen LogP contribution in [0.4, 0.5) is 0 Å². The van der Waals surface area contributed by atoms with Gasteiger partial charge in [0.15, 0.2) is 16.6 Å². The van der Waals surface area contributed by atoms with E-state index >= 15 is 0 Å². The highest BCUT2D eigenvalue weighted by molar-refractivity contribution is 7.89. The number of benzene rings is 1. The molecule has 6 nitrogen and oxygen atoms in total. The number of unbranched alkanes of at least 4 members (excludes halogenated alkanes) is 10. The van der Waals surface area contributed by atoms with Gasteiger partial charge in [-0.25, -0.2) is 13.1 Å². The van der Waals surface area contributed by atoms with E-state index in [9.17, 15) is 8.42 Å². The molecule has 9 heteroatoms. The van der Waals surface area contributed by atoms with Crippen LogP contribution in [0.15, 0.2) is 29.2 Å². The maximum absolute atomic E-state index is 13.9. The first-order valence-corrected chi connectivity index (χ1v) is 28.0. The average Bonchev–Trinajstić information content (AvgIpc) is 3.79. The fraction of sp³-hybridized carbons (Fsp3) is 0.857. The van der Waals surface area contributed by atoms with E-state index in [1.54, 1.807) is 12.1 Å². The highest BCUT2D eigenvalue weighted by atomic mass is 32.2. The maximum Gasteiger partial charge on any atom is 0.240 e. The molecule has 1 fully saturated rings. The molecule has 1 heterocycles. The van der Waals surface area contributed by atoms with Crippen molar-refractivity contribution < 1.29 is 22.0 Å². The Morgan fingerprint density at radius 1 is 0.765 bits per heavy atom. The lowest BCUT2D eigenvalue weighted by Crippen LogP contribution is -2.57. The molecule has 0 spiro atoms. The van der Waals surface area contributed by atoms with Crippen molar-refractivity contribution in [3.63, 3.8) is 0 Å². The smallest absolute Gasteiger partial charge is 0.240 e. The summed E-state index contributed by atoms with van der Waals surface area (Å²) in [6.45, 7) is 29.2. The lowest BCUT2D eigenvalue weighted by atomic mass is 9.96. The number of hydrogen-bond donors (Lipinski definition) is 1. The summed E-state index contributed by atoms with van der Waals surface area (Å²) in [7, 11) is -8.29. The van der Waals surface area contributed by atoms with Crippen molar-refractivity contribution in [3.05, 3.63) is 29.8 Å². The minimum Gasteiger partial charge on any atom is -0.415 e. The van der Waals surface area contributed by atoms with Gasteiger partial charge in [-0.1, -0.05) is 163 Å². The number of aryl methyl sites for hydroxylation is 1. The van der Waals surface area contributed by atoms with E-state index in [-0.39, 0.29) is 33.8 Å². The van der Waals surface area contributed by atoms with Crippen molar-refractivity contribution >= 4 is 26.7 Å². The Labute approximate surface area is 318 Å². The van der Waals surface area contributed by atoms with E-state index in [1.807, 2.05) is 19.1 Å². The second-order valence-corrected chi connectivity index (χ2v) is 30.2. The van der Waals surface area contributed by atoms with Gasteiger partial charge >= 0.3 is 0 Å². The molecule has 2 rings (SSSR count). The Hall–Kier alpha value is -0.556. The number of epoxide rings is 1. The van der Waals surface area contributed by atoms with Crippen LogP contribution < -0.4 is 4.72 Å². The van der Waals surface area contributed by atoms with Crippen LogP contribution in [0.1, 0.15) is 157 Å². The normalized spacial score (nSPS) is 19.2. The lowest BCUT2D eigenvalue weighted by molar-refractivity contribution is 0.0857. The molecule has 0 radical (unpaired) electrons. The molecule has 1 aromatic carbocycles. The molecule has 0 bridgehead atoms. The lowest BCUT2D eigenvalue weighted by Gasteiger charge is -2.42. The third-order valence-corrected chi connectivity index (χ3v) is 22.6. The van der Waals surface area contributed by atoms with Gasteiger partial charge in [-0.2, -0.15) is 0 Å². The minimum atomic E-state index is -3.82. The molecule has 1 aliphatic rings. The van der Waals surface area contributed by atoms with Crippen LogP contribution in [0.3, 0.4) is 0 Å². The Morgan fingerprint density at radius 3 is 1.76 bits per heavy atom. The standard InChI is InChI=1S/C42H81NO5SSi2/c1-14-15-16-23-26-34(2)27-24-21-19-17-18-20-22-25-28-38-40(47-38)39(48-51(12,13)42(7,8)9)37(33-46-50(10,11)41(4,5)6)43-49(44,45)36-31-29-35(3)30-32-36/h29-32,34,37-40,43H,14-28,33H2,1-13H3/t34-,37+,38+,39+,40-/m1/s1. The Balaban J connectivity index is 2.02. The summed E-state index contributed by atoms with van der Waals surface area (Å²) in [5.41, 5.74) is 1.02. The predicted molar refractivity (Wildman–Crippen MR) is 223 cm³/mol. The van der Waals surface area contributed by atoms with E-state index < -0.39 is 38.8 Å². The summed E-state index contributed by atoms with van der Waals surface area (Å²) in [5.74, 6) is 0.885. The molecule has 0 unspecified atom stereocenters. The zero-order chi connectivity index (χ0) is 38.5. The van der Waals surface area contributed by atoms with Gasteiger partial charge in [-0.15, -0.1) is 0 Å². The van der Waals surface area contributed by atoms with Crippen LogP contribution in [0.5, 0.6) is 0 Å². The van der Waals surface area contributed by atoms with E-state index in [0.29, 0.717) is 0 Å². The van der Waals surface area contributed by atoms with Gasteiger partial charge in [0.1, 0.15) is 6.10 Å². The Kier molecular flexibility index (Phi) is 19.1. The number of hydrogen-bond acceptors (Lipinski definition) is 5. The quantitative estimate of drug-likeness (QED) is 0.0577. The van der Waals surface area contributed by atoms with E-state index in [1.165, 1.54) is 83.5 Å². The van der Waals surface area contributed by atoms with Crippen molar-refractivity contribution in [3.8, 4) is 0 Å². The Bertz CT molecular complexity index is 1220. The predicted octanol–water partition coefficient (Wildman–Crippen LogP) is 12.3. The van der Waals surface area contributed by atoms with Gasteiger partial charge in [0.2, 0.25) is 10.0 Å². The van der Waals surface area contributed by atoms with E-state index in [2.05, 4.69) is 86.3 Å². The molecule has 1 saturated heterocycles. The van der Waals surface area contributed by atoms with Gasteiger partial charge in [-0.05, 0) is 67.7 Å². The number of rotatable bonds is 26. The van der Waals surface area contributed by atoms with Crippen LogP contribution in [0.2, 0.25) is 36.3 Å². The average molecular weight is 768 g/mol. The van der Waals surface area contributed by atoms with E-state index in [4.69, 9.17) is 13.6 Å². The molecule has 1 aliphatic heterocycles. The molecule has 5 atom stereocenters. The zero-order valence-corrected chi connectivity index (χ0v) is 38.3. The van der Waals surface area contributed by atoms with Gasteiger partial charge in [0.25, 0.3) is 0 Å². The number of sulfonamides is 1. The van der Waals surface area contributed by atoms with Gasteiger partial charge < -0.3 is 13.6 Å². The van der Waals surface area contributed by atoms with Crippen molar-refractivity contribution in [2.45, 2.75) is 224 Å². The summed E-state index contributed by atoms with van der Waals surface area (Å²) in [6, 6.07) is 6.48. The first-order valence-electron chi connectivity index (χ1n) is 20.7. The molecule has 0 aliphatic carbocycles. The summed E-state index contributed by atoms with van der Waals surface area (Å²) >= 11 is 0. The van der Waals surface area contributed by atoms with Crippen molar-refractivity contribution in [2.75, 3.05) is 6.61 Å². The van der Waals surface area contributed by atoms with Crippen molar-refractivity contribution in [1.82, 2.24) is 4.72 Å². The third kappa shape index (κ3) is 16.4. The monoisotopic (exact) mass is 768 g/mol. The highest BCUT2D eigenvalue weighted by Crippen LogP contribution is 2.42. The molecule has 51 heavy (non-hydrogen) atoms. The highest BCUT2D eigenvalue weighted by Gasteiger charge is 2.53. The van der Waals surface area contributed by atoms with Crippen molar-refractivity contribution in [1.29, 1.82) is 0 Å². The summed E-state index contributed by atoms with van der Waals surface area (Å²) in [5, 5.41) is -0.0449. The van der Waals surface area contributed by atoms with Crippen molar-refractivity contribution in [2.24, 2.45) is 5.92 Å². The summed E-state index contributed by atoms with van der Waals surface area (Å²) in [6.07, 6.45) is 19.2. The summed E-state index contributed by atoms with van der Waals surface area (Å²) < 4.78 is 51.1. The molecule has 0 aromatic heterocycles. The van der Waals surface area contributed by atoms with E-state index in [0.717, 1.165) is 24.3 Å². The van der Waals surface area contributed by atoms with Crippen LogP contribution in [0, 0.1) is 12.8 Å². The Morgan fingerprint density at radius 2 is 1.25 bits per heavy atom. The van der Waals surface area contributed by atoms with Gasteiger partial charge in [0, 0.05) is 0 Å². The molecule has 0 amide bonds. The second kappa shape index (κ2) is 20.9. The first-order chi connectivity index (χ1) is 23.6. The topological polar surface area (TPSA) is 77.2 Å². The third-order valence-electron chi connectivity index (χ3n) is 12.1. The van der Waals surface area contributed by atoms with Crippen LogP contribution in [-0.2, 0) is 23.6 Å². The molecular formula is C42H81NO5SSi2. The number of nitrogens with one attached hydrogen (secondary N) is 1. The van der Waals surface area contributed by atoms with Crippen LogP contribution in [0.25, 0.3) is 0 Å². The molecule has 0 saturated carbocycles. The second-order valence-electron chi connectivity index (χ2n) is 19.0. The van der Waals surface area contributed by atoms with Crippen LogP contribution >= 0.6 is 0 Å². The SMILES string of the molecule is CCCCCC[C@@H](C)CCCCCCCCCC[C@@H]1O[C@H]1[C@@H](O[Si](C)(C)C(C)(C)C)[C@H](CO[Si](C)(C)C(C)(C)C)NS(=O)(=O)c1ccc(C)cc1. The number of ether oxygens (including phenoxy) is 1. The fourth-order valence-electron chi connectivity index (χ4n) is 6.23. The largest absolute Gasteiger partial charge is 0.415 e.